The van der Waals surface area contributed by atoms with Crippen molar-refractivity contribution in [2.45, 2.75) is 77.1 Å². The molecule has 1 saturated carbocycles. The van der Waals surface area contributed by atoms with Crippen molar-refractivity contribution in [1.82, 2.24) is 15.2 Å². The van der Waals surface area contributed by atoms with Crippen molar-refractivity contribution in [3.63, 3.8) is 0 Å². The van der Waals surface area contributed by atoms with E-state index in [1.54, 1.807) is 0 Å². The Bertz CT molecular complexity index is 1590. The number of hydrogen-bond donors (Lipinski definition) is 4. The Kier molecular flexibility index (Phi) is 8.01. The van der Waals surface area contributed by atoms with E-state index in [-0.39, 0.29) is 23.8 Å². The first-order valence-electron chi connectivity index (χ1n) is 14.3. The summed E-state index contributed by atoms with van der Waals surface area (Å²) in [5.74, 6) is -0.122. The molecule has 8 heteroatoms. The lowest BCUT2D eigenvalue weighted by atomic mass is 9.91. The number of rotatable bonds is 7. The van der Waals surface area contributed by atoms with Gasteiger partial charge < -0.3 is 25.7 Å². The van der Waals surface area contributed by atoms with Crippen LogP contribution in [0.25, 0.3) is 21.7 Å². The smallest absolute Gasteiger partial charge is 0.407 e. The first-order chi connectivity index (χ1) is 19.6. The van der Waals surface area contributed by atoms with Gasteiger partial charge in [0.15, 0.2) is 0 Å². The van der Waals surface area contributed by atoms with Crippen LogP contribution in [-0.4, -0.2) is 40.1 Å². The lowest BCUT2D eigenvalue weighted by molar-refractivity contribution is 0.0488. The predicted octanol–water partition coefficient (Wildman–Crippen LogP) is 5.89. The molecule has 4 aromatic rings. The van der Waals surface area contributed by atoms with Crippen LogP contribution >= 0.6 is 0 Å². The summed E-state index contributed by atoms with van der Waals surface area (Å²) in [7, 11) is 0. The molecule has 0 saturated heterocycles. The summed E-state index contributed by atoms with van der Waals surface area (Å²) in [6, 6.07) is 22.3. The summed E-state index contributed by atoms with van der Waals surface area (Å²) in [6.45, 7) is 6.15. The van der Waals surface area contributed by atoms with Crippen molar-refractivity contribution in [1.29, 1.82) is 5.41 Å². The molecular weight excluding hydrogens is 514 g/mol. The summed E-state index contributed by atoms with van der Waals surface area (Å²) in [5, 5.41) is 17.5. The zero-order chi connectivity index (χ0) is 29.1. The molecule has 41 heavy (non-hydrogen) atoms. The highest BCUT2D eigenvalue weighted by molar-refractivity contribution is 6.02. The third kappa shape index (κ3) is 6.70. The fourth-order valence-corrected chi connectivity index (χ4v) is 5.71. The van der Waals surface area contributed by atoms with Crippen LogP contribution in [0.5, 0.6) is 0 Å². The number of aryl methyl sites for hydroxylation is 2. The maximum Gasteiger partial charge on any atom is 0.407 e. The molecule has 1 aromatic heterocycles. The Hall–Kier alpha value is -4.33. The van der Waals surface area contributed by atoms with Gasteiger partial charge in [0.25, 0.3) is 5.91 Å². The first kappa shape index (κ1) is 28.2. The van der Waals surface area contributed by atoms with Crippen LogP contribution in [0, 0.1) is 5.41 Å². The van der Waals surface area contributed by atoms with Gasteiger partial charge in [-0.3, -0.25) is 10.2 Å². The summed E-state index contributed by atoms with van der Waals surface area (Å²) < 4.78 is 7.44. The highest BCUT2D eigenvalue weighted by Crippen LogP contribution is 2.26. The molecule has 0 atom stereocenters. The van der Waals surface area contributed by atoms with Crippen molar-refractivity contribution in [3.8, 4) is 0 Å². The number of aromatic nitrogens is 1. The molecule has 3 aromatic carbocycles. The molecular formula is C33H39N5O3. The zero-order valence-electron chi connectivity index (χ0n) is 24.0. The highest BCUT2D eigenvalue weighted by Gasteiger charge is 2.27. The average molecular weight is 554 g/mol. The molecule has 5 rings (SSSR count). The summed E-state index contributed by atoms with van der Waals surface area (Å²) in [5.41, 5.74) is 8.59. The normalized spacial score (nSPS) is 17.3. The van der Waals surface area contributed by atoms with E-state index in [9.17, 15) is 9.59 Å². The fourth-order valence-electron chi connectivity index (χ4n) is 5.71. The molecule has 0 bridgehead atoms. The Morgan fingerprint density at radius 3 is 2.32 bits per heavy atom. The van der Waals surface area contributed by atoms with Crippen molar-refractivity contribution in [2.24, 2.45) is 5.73 Å². The van der Waals surface area contributed by atoms with Crippen molar-refractivity contribution < 1.29 is 14.3 Å². The zero-order valence-corrected chi connectivity index (χ0v) is 24.0. The van der Waals surface area contributed by atoms with E-state index >= 15 is 0 Å². The van der Waals surface area contributed by atoms with Gasteiger partial charge in [-0.25, -0.2) is 4.79 Å². The fraction of sp³-hybridized carbons (Fsp3) is 0.364. The Balaban J connectivity index is 1.33. The topological polar surface area (TPSA) is 122 Å². The molecule has 2 amide bonds. The second-order valence-corrected chi connectivity index (χ2v) is 11.9. The molecule has 1 aliphatic carbocycles. The third-order valence-corrected chi connectivity index (χ3v) is 7.72. The number of nitrogens with two attached hydrogens (primary N) is 1. The number of hydrogen-bond acceptors (Lipinski definition) is 4. The van der Waals surface area contributed by atoms with Gasteiger partial charge in [0, 0.05) is 35.1 Å². The standard InChI is InChI=1S/C33H39N5O3/c1-33(2,3)41-32(40)37-26-15-13-25(14-16-26)36-31(39)29-19-23-11-12-24(30(34)35)20-28(23)38(29)18-17-22-9-6-8-21-7-4-5-10-27(21)22/h4-12,19-20,25-26H,13-18H2,1-3H3,(H3,34,35)(H,36,39)(H,37,40)/t25-,26-. The maximum atomic E-state index is 13.7. The number of nitrogen functional groups attached to an aromatic ring is 1. The molecule has 5 N–H and O–H groups in total. The first-order valence-corrected chi connectivity index (χ1v) is 14.3. The monoisotopic (exact) mass is 553 g/mol. The predicted molar refractivity (Wildman–Crippen MR) is 163 cm³/mol. The quantitative estimate of drug-likeness (QED) is 0.168. The largest absolute Gasteiger partial charge is 0.444 e. The number of fused-ring (bicyclic) bond motifs is 2. The second-order valence-electron chi connectivity index (χ2n) is 11.9. The SMILES string of the molecule is CC(C)(C)OC(=O)N[C@H]1CC[C@H](NC(=O)c2cc3ccc(C(=N)N)cc3n2CCc2cccc3ccccc23)CC1. The average Bonchev–Trinajstić information content (AvgIpc) is 3.30. The number of amidine groups is 1. The number of carbonyl (C=O) groups is 2. The molecule has 214 valence electrons. The Morgan fingerprint density at radius 2 is 1.61 bits per heavy atom. The molecule has 0 spiro atoms. The van der Waals surface area contributed by atoms with E-state index in [1.165, 1.54) is 16.3 Å². The van der Waals surface area contributed by atoms with Crippen LogP contribution in [-0.2, 0) is 17.7 Å². The van der Waals surface area contributed by atoms with E-state index in [1.807, 2.05) is 57.2 Å². The van der Waals surface area contributed by atoms with Gasteiger partial charge in [0.2, 0.25) is 0 Å². The lowest BCUT2D eigenvalue weighted by Crippen LogP contribution is -2.45. The van der Waals surface area contributed by atoms with Gasteiger partial charge in [0.1, 0.15) is 17.1 Å². The number of ether oxygens (including phenoxy) is 1. The van der Waals surface area contributed by atoms with E-state index in [2.05, 4.69) is 45.5 Å². The van der Waals surface area contributed by atoms with E-state index in [0.717, 1.165) is 43.0 Å². The number of carbonyl (C=O) groups excluding carboxylic acids is 2. The minimum absolute atomic E-state index is 0.00328. The van der Waals surface area contributed by atoms with E-state index in [0.29, 0.717) is 17.8 Å². The van der Waals surface area contributed by atoms with Gasteiger partial charge in [-0.05, 0) is 81.3 Å². The van der Waals surface area contributed by atoms with Crippen LogP contribution in [0.15, 0.2) is 66.7 Å². The van der Waals surface area contributed by atoms with Gasteiger partial charge >= 0.3 is 6.09 Å². The summed E-state index contributed by atoms with van der Waals surface area (Å²) >= 11 is 0. The summed E-state index contributed by atoms with van der Waals surface area (Å²) in [4.78, 5) is 25.8. The van der Waals surface area contributed by atoms with Gasteiger partial charge in [-0.15, -0.1) is 0 Å². The third-order valence-electron chi connectivity index (χ3n) is 7.72. The van der Waals surface area contributed by atoms with Crippen LogP contribution in [0.1, 0.15) is 68.1 Å². The number of amides is 2. The van der Waals surface area contributed by atoms with Crippen LogP contribution in [0.2, 0.25) is 0 Å². The Morgan fingerprint density at radius 1 is 0.927 bits per heavy atom. The number of benzene rings is 3. The van der Waals surface area contributed by atoms with Crippen molar-refractivity contribution in [3.05, 3.63) is 83.6 Å². The van der Waals surface area contributed by atoms with Crippen LogP contribution < -0.4 is 16.4 Å². The molecule has 0 radical (unpaired) electrons. The highest BCUT2D eigenvalue weighted by atomic mass is 16.6. The molecule has 1 aliphatic rings. The molecule has 8 nitrogen and oxygen atoms in total. The molecule has 0 aliphatic heterocycles. The van der Waals surface area contributed by atoms with Gasteiger partial charge in [0.05, 0.1) is 0 Å². The molecule has 1 heterocycles. The minimum Gasteiger partial charge on any atom is -0.444 e. The maximum absolute atomic E-state index is 13.7. The molecule has 0 unspecified atom stereocenters. The van der Waals surface area contributed by atoms with Crippen LogP contribution in [0.3, 0.4) is 0 Å². The van der Waals surface area contributed by atoms with Crippen molar-refractivity contribution in [2.75, 3.05) is 0 Å². The lowest BCUT2D eigenvalue weighted by Gasteiger charge is -2.30. The van der Waals surface area contributed by atoms with E-state index in [4.69, 9.17) is 15.9 Å². The van der Waals surface area contributed by atoms with Crippen LogP contribution in [0.4, 0.5) is 4.79 Å². The Labute approximate surface area is 240 Å². The number of nitrogens with zero attached hydrogens (tertiary/aromatic N) is 1. The minimum atomic E-state index is -0.535. The summed E-state index contributed by atoms with van der Waals surface area (Å²) in [6.07, 6.45) is 3.45. The van der Waals surface area contributed by atoms with Crippen molar-refractivity contribution >= 4 is 39.5 Å². The van der Waals surface area contributed by atoms with Gasteiger partial charge in [-0.1, -0.05) is 54.6 Å². The number of nitrogens with one attached hydrogen (secondary N) is 3. The van der Waals surface area contributed by atoms with E-state index < -0.39 is 11.7 Å². The second kappa shape index (κ2) is 11.6. The number of alkyl carbamates (subject to hydrolysis) is 1. The molecule has 1 fully saturated rings. The van der Waals surface area contributed by atoms with Gasteiger partial charge in [-0.2, -0.15) is 0 Å².